The van der Waals surface area contributed by atoms with E-state index in [1.54, 1.807) is 13.1 Å². The van der Waals surface area contributed by atoms with E-state index in [0.29, 0.717) is 30.0 Å². The van der Waals surface area contributed by atoms with Gasteiger partial charge in [0.1, 0.15) is 12.3 Å². The predicted octanol–water partition coefficient (Wildman–Crippen LogP) is 3.38. The largest absolute Gasteiger partial charge is 0.487 e. The second-order valence-corrected chi connectivity index (χ2v) is 8.17. The van der Waals surface area contributed by atoms with Gasteiger partial charge in [-0.1, -0.05) is 0 Å². The summed E-state index contributed by atoms with van der Waals surface area (Å²) in [7, 11) is 1.93. The van der Waals surface area contributed by atoms with Crippen LogP contribution in [-0.2, 0) is 13.5 Å². The van der Waals surface area contributed by atoms with Gasteiger partial charge in [-0.05, 0) is 46.1 Å². The van der Waals surface area contributed by atoms with Crippen LogP contribution in [0.25, 0.3) is 10.9 Å². The Hall–Kier alpha value is -3.03. The van der Waals surface area contributed by atoms with Crippen LogP contribution in [0.1, 0.15) is 41.9 Å². The van der Waals surface area contributed by atoms with Crippen LogP contribution < -0.4 is 21.2 Å². The predicted molar refractivity (Wildman–Crippen MR) is 117 cm³/mol. The van der Waals surface area contributed by atoms with Gasteiger partial charge in [0, 0.05) is 31.0 Å². The lowest BCUT2D eigenvalue weighted by Gasteiger charge is -2.29. The van der Waals surface area contributed by atoms with E-state index in [2.05, 4.69) is 10.4 Å². The number of aromatic nitrogens is 3. The van der Waals surface area contributed by atoms with Gasteiger partial charge in [0.15, 0.2) is 17.0 Å². The summed E-state index contributed by atoms with van der Waals surface area (Å²) in [6.07, 6.45) is 3.43. The standard InChI is InChI=1S/C22H28FN5O2/c1-11-9-28-12(2)10-30-22-19(17(23)18(24)16(20(22)28)21(11)29)25-8-6-7-15-13(3)26-27(5)14(15)4/h9,12,25H,6-8,10,24H2,1-5H3/t12-/m0/s1. The van der Waals surface area contributed by atoms with E-state index in [0.717, 1.165) is 24.2 Å². The lowest BCUT2D eigenvalue weighted by Crippen LogP contribution is -2.26. The highest BCUT2D eigenvalue weighted by molar-refractivity contribution is 6.00. The summed E-state index contributed by atoms with van der Waals surface area (Å²) < 4.78 is 24.9. The van der Waals surface area contributed by atoms with Crippen molar-refractivity contribution in [1.82, 2.24) is 14.3 Å². The van der Waals surface area contributed by atoms with E-state index in [4.69, 9.17) is 10.5 Å². The van der Waals surface area contributed by atoms with E-state index in [9.17, 15) is 4.79 Å². The van der Waals surface area contributed by atoms with Gasteiger partial charge in [0.05, 0.1) is 28.3 Å². The van der Waals surface area contributed by atoms with Crippen LogP contribution in [0.15, 0.2) is 11.0 Å². The van der Waals surface area contributed by atoms with Crippen LogP contribution in [0, 0.1) is 26.6 Å². The van der Waals surface area contributed by atoms with Gasteiger partial charge in [-0.3, -0.25) is 9.48 Å². The molecule has 1 aliphatic heterocycles. The number of hydrogen-bond acceptors (Lipinski definition) is 5. The highest BCUT2D eigenvalue weighted by Gasteiger charge is 2.28. The molecule has 8 heteroatoms. The minimum atomic E-state index is -0.630. The molecule has 3 heterocycles. The molecule has 2 aromatic heterocycles. The zero-order chi connectivity index (χ0) is 21.7. The summed E-state index contributed by atoms with van der Waals surface area (Å²) >= 11 is 0. The van der Waals surface area contributed by atoms with Crippen molar-refractivity contribution in [3.8, 4) is 5.75 Å². The van der Waals surface area contributed by atoms with Gasteiger partial charge in [-0.15, -0.1) is 0 Å². The third kappa shape index (κ3) is 3.02. The van der Waals surface area contributed by atoms with Gasteiger partial charge in [0.2, 0.25) is 0 Å². The fraction of sp³-hybridized carbons (Fsp3) is 0.455. The van der Waals surface area contributed by atoms with Gasteiger partial charge in [-0.2, -0.15) is 5.10 Å². The smallest absolute Gasteiger partial charge is 0.194 e. The molecule has 3 aromatic rings. The third-order valence-corrected chi connectivity index (χ3v) is 6.09. The number of nitrogens with zero attached hydrogens (tertiary/aromatic N) is 3. The number of rotatable bonds is 5. The lowest BCUT2D eigenvalue weighted by molar-refractivity contribution is 0.247. The van der Waals surface area contributed by atoms with Crippen LogP contribution in [-0.4, -0.2) is 27.5 Å². The zero-order valence-electron chi connectivity index (χ0n) is 18.1. The molecule has 30 heavy (non-hydrogen) atoms. The average Bonchev–Trinajstić information content (AvgIpc) is 2.94. The number of ether oxygens (including phenoxy) is 1. The minimum absolute atomic E-state index is 0.0218. The first kappa shape index (κ1) is 20.3. The van der Waals surface area contributed by atoms with Crippen molar-refractivity contribution in [2.75, 3.05) is 24.2 Å². The van der Waals surface area contributed by atoms with Gasteiger partial charge in [-0.25, -0.2) is 4.39 Å². The molecule has 0 saturated carbocycles. The Morgan fingerprint density at radius 3 is 2.77 bits per heavy atom. The summed E-state index contributed by atoms with van der Waals surface area (Å²) in [5.41, 5.74) is 10.4. The third-order valence-electron chi connectivity index (χ3n) is 6.09. The second kappa shape index (κ2) is 7.34. The van der Waals surface area contributed by atoms with Crippen molar-refractivity contribution in [1.29, 1.82) is 0 Å². The monoisotopic (exact) mass is 413 g/mol. The molecule has 3 N–H and O–H groups in total. The molecule has 4 rings (SSSR count). The summed E-state index contributed by atoms with van der Waals surface area (Å²) in [6, 6.07) is 0.0218. The van der Waals surface area contributed by atoms with Crippen LogP contribution in [0.4, 0.5) is 15.8 Å². The van der Waals surface area contributed by atoms with Crippen molar-refractivity contribution in [3.05, 3.63) is 44.8 Å². The average molecular weight is 413 g/mol. The first-order chi connectivity index (χ1) is 14.2. The Morgan fingerprint density at radius 2 is 2.10 bits per heavy atom. The van der Waals surface area contributed by atoms with E-state index in [-0.39, 0.29) is 28.2 Å². The van der Waals surface area contributed by atoms with Crippen molar-refractivity contribution >= 4 is 22.3 Å². The second-order valence-electron chi connectivity index (χ2n) is 8.17. The zero-order valence-corrected chi connectivity index (χ0v) is 18.1. The quantitative estimate of drug-likeness (QED) is 0.495. The van der Waals surface area contributed by atoms with E-state index < -0.39 is 5.82 Å². The van der Waals surface area contributed by atoms with Gasteiger partial charge >= 0.3 is 0 Å². The molecule has 1 aromatic carbocycles. The van der Waals surface area contributed by atoms with Gasteiger partial charge < -0.3 is 20.4 Å². The molecular formula is C22H28FN5O2. The Kier molecular flexibility index (Phi) is 4.95. The summed E-state index contributed by atoms with van der Waals surface area (Å²) in [5, 5.41) is 7.81. The first-order valence-corrected chi connectivity index (χ1v) is 10.2. The molecule has 0 radical (unpaired) electrons. The van der Waals surface area contributed by atoms with Crippen LogP contribution in [0.2, 0.25) is 0 Å². The summed E-state index contributed by atoms with van der Waals surface area (Å²) in [5.74, 6) is -0.268. The number of halogens is 1. The van der Waals surface area contributed by atoms with Crippen molar-refractivity contribution in [2.45, 2.75) is 46.6 Å². The topological polar surface area (TPSA) is 87.1 Å². The number of benzene rings is 1. The van der Waals surface area contributed by atoms with E-state index >= 15 is 4.39 Å². The normalized spacial score (nSPS) is 15.5. The molecule has 1 aliphatic rings. The number of hydrogen-bond donors (Lipinski definition) is 2. The number of nitrogens with two attached hydrogens (primary N) is 1. The maximum atomic E-state index is 15.2. The number of nitrogen functional groups attached to an aromatic ring is 1. The highest BCUT2D eigenvalue weighted by atomic mass is 19.1. The van der Waals surface area contributed by atoms with Gasteiger partial charge in [0.25, 0.3) is 0 Å². The highest BCUT2D eigenvalue weighted by Crippen LogP contribution is 2.43. The molecular weight excluding hydrogens is 385 g/mol. The lowest BCUT2D eigenvalue weighted by atomic mass is 10.0. The van der Waals surface area contributed by atoms with Crippen molar-refractivity contribution in [2.24, 2.45) is 7.05 Å². The summed E-state index contributed by atoms with van der Waals surface area (Å²) in [6.45, 7) is 8.71. The van der Waals surface area contributed by atoms with E-state index in [1.807, 2.05) is 37.1 Å². The number of nitrogens with one attached hydrogen (secondary N) is 1. The first-order valence-electron chi connectivity index (χ1n) is 10.2. The molecule has 0 fully saturated rings. The summed E-state index contributed by atoms with van der Waals surface area (Å²) in [4.78, 5) is 12.7. The Balaban J connectivity index is 1.68. The Labute approximate surface area is 174 Å². The van der Waals surface area contributed by atoms with Crippen LogP contribution in [0.5, 0.6) is 5.75 Å². The molecule has 0 bridgehead atoms. The molecule has 0 spiro atoms. The fourth-order valence-corrected chi connectivity index (χ4v) is 4.30. The Morgan fingerprint density at radius 1 is 1.37 bits per heavy atom. The van der Waals surface area contributed by atoms with E-state index in [1.165, 1.54) is 5.56 Å². The molecule has 7 nitrogen and oxygen atoms in total. The molecule has 1 atom stereocenters. The maximum absolute atomic E-state index is 15.2. The van der Waals surface area contributed by atoms with Crippen molar-refractivity contribution in [3.63, 3.8) is 0 Å². The number of aryl methyl sites for hydroxylation is 3. The number of anilines is 2. The maximum Gasteiger partial charge on any atom is 0.194 e. The van der Waals surface area contributed by atoms with Crippen LogP contribution >= 0.6 is 0 Å². The molecule has 0 amide bonds. The molecule has 0 saturated heterocycles. The Bertz CT molecular complexity index is 1210. The molecule has 0 unspecified atom stereocenters. The van der Waals surface area contributed by atoms with Crippen LogP contribution in [0.3, 0.4) is 0 Å². The SMILES string of the molecule is Cc1nn(C)c(C)c1CCCNc1c(F)c(N)c2c(=O)c(C)cn3c2c1OC[C@@H]3C. The number of pyridine rings is 1. The fourth-order valence-electron chi connectivity index (χ4n) is 4.30. The van der Waals surface area contributed by atoms with Crippen molar-refractivity contribution < 1.29 is 9.13 Å². The molecule has 160 valence electrons. The molecule has 0 aliphatic carbocycles. The minimum Gasteiger partial charge on any atom is -0.487 e.